The molecule has 0 spiro atoms. The molecular weight excluding hydrogens is 380 g/mol. The maximum atomic E-state index is 5.60. The van der Waals surface area contributed by atoms with Crippen LogP contribution in [0.15, 0.2) is 64.2 Å². The largest absolute Gasteiger partial charge is 0.493 e. The molecule has 3 rings (SSSR count). The first-order valence-corrected chi connectivity index (χ1v) is 9.77. The second-order valence-corrected chi connectivity index (χ2v) is 6.77. The number of nitrogens with one attached hydrogen (secondary N) is 1. The number of likely N-dealkylation sites (N-methyl/N-ethyl adjacent to an activating group) is 1. The lowest BCUT2D eigenvalue weighted by Crippen LogP contribution is -2.39. The van der Waals surface area contributed by atoms with Gasteiger partial charge in [0.05, 0.1) is 26.5 Å². The average molecular weight is 409 g/mol. The summed E-state index contributed by atoms with van der Waals surface area (Å²) in [6, 6.07) is 15.8. The van der Waals surface area contributed by atoms with Gasteiger partial charge in [-0.3, -0.25) is 4.99 Å². The van der Waals surface area contributed by atoms with E-state index in [1.807, 2.05) is 55.6 Å². The van der Waals surface area contributed by atoms with Crippen LogP contribution in [-0.4, -0.2) is 50.7 Å². The number of guanidine groups is 1. The summed E-state index contributed by atoms with van der Waals surface area (Å²) in [7, 11) is 7.06. The molecule has 0 bridgehead atoms. The standard InChI is InChI=1S/C23H28N4O3/c1-24-23(25-15-19-16-30-22(26-19)18-8-6-5-7-9-18)27(2)13-12-17-10-11-20(28-3)21(14-17)29-4/h5-11,14,16H,12-13,15H2,1-4H3,(H,24,25). The summed E-state index contributed by atoms with van der Waals surface area (Å²) in [5.74, 6) is 2.87. The van der Waals surface area contributed by atoms with E-state index in [0.717, 1.165) is 41.7 Å². The minimum Gasteiger partial charge on any atom is -0.493 e. The SMILES string of the molecule is CN=C(NCc1coc(-c2ccccc2)n1)N(C)CCc1ccc(OC)c(OC)c1. The molecule has 1 N–H and O–H groups in total. The Morgan fingerprint density at radius 3 is 2.57 bits per heavy atom. The highest BCUT2D eigenvalue weighted by Gasteiger charge is 2.10. The van der Waals surface area contributed by atoms with Gasteiger partial charge in [0, 0.05) is 26.2 Å². The Kier molecular flexibility index (Phi) is 7.32. The van der Waals surface area contributed by atoms with Gasteiger partial charge in [-0.1, -0.05) is 24.3 Å². The quantitative estimate of drug-likeness (QED) is 0.454. The minimum atomic E-state index is 0.531. The van der Waals surface area contributed by atoms with Gasteiger partial charge in [0.25, 0.3) is 0 Å². The summed E-state index contributed by atoms with van der Waals surface area (Å²) in [4.78, 5) is 11.0. The second-order valence-electron chi connectivity index (χ2n) is 6.77. The molecule has 30 heavy (non-hydrogen) atoms. The van der Waals surface area contributed by atoms with Crippen molar-refractivity contribution < 1.29 is 13.9 Å². The van der Waals surface area contributed by atoms with Crippen molar-refractivity contribution in [2.45, 2.75) is 13.0 Å². The predicted molar refractivity (Wildman–Crippen MR) is 118 cm³/mol. The van der Waals surface area contributed by atoms with Crippen molar-refractivity contribution in [3.8, 4) is 23.0 Å². The van der Waals surface area contributed by atoms with Crippen LogP contribution in [0.1, 0.15) is 11.3 Å². The third-order valence-electron chi connectivity index (χ3n) is 4.76. The highest BCUT2D eigenvalue weighted by molar-refractivity contribution is 5.79. The lowest BCUT2D eigenvalue weighted by atomic mass is 10.1. The Balaban J connectivity index is 1.54. The molecule has 0 fully saturated rings. The molecule has 0 aliphatic rings. The zero-order valence-corrected chi connectivity index (χ0v) is 17.9. The molecule has 7 heteroatoms. The van der Waals surface area contributed by atoms with Crippen LogP contribution >= 0.6 is 0 Å². The number of hydrogen-bond acceptors (Lipinski definition) is 5. The maximum Gasteiger partial charge on any atom is 0.226 e. The van der Waals surface area contributed by atoms with Gasteiger partial charge in [0.15, 0.2) is 17.5 Å². The van der Waals surface area contributed by atoms with Crippen LogP contribution in [0.3, 0.4) is 0 Å². The van der Waals surface area contributed by atoms with Gasteiger partial charge in [-0.25, -0.2) is 4.98 Å². The van der Waals surface area contributed by atoms with Crippen LogP contribution in [0.25, 0.3) is 11.5 Å². The van der Waals surface area contributed by atoms with Crippen LogP contribution in [-0.2, 0) is 13.0 Å². The molecule has 0 unspecified atom stereocenters. The zero-order valence-electron chi connectivity index (χ0n) is 17.9. The van der Waals surface area contributed by atoms with E-state index < -0.39 is 0 Å². The topological polar surface area (TPSA) is 72.1 Å². The van der Waals surface area contributed by atoms with Gasteiger partial charge >= 0.3 is 0 Å². The Bertz CT molecular complexity index is 970. The number of oxazole rings is 1. The molecule has 0 radical (unpaired) electrons. The number of aromatic nitrogens is 1. The second kappa shape index (κ2) is 10.3. The van der Waals surface area contributed by atoms with Crippen LogP contribution in [0, 0.1) is 0 Å². The van der Waals surface area contributed by atoms with Crippen molar-refractivity contribution in [3.05, 3.63) is 66.1 Å². The van der Waals surface area contributed by atoms with E-state index in [4.69, 9.17) is 13.9 Å². The van der Waals surface area contributed by atoms with Crippen molar-refractivity contribution in [2.75, 3.05) is 34.9 Å². The number of nitrogens with zero attached hydrogens (tertiary/aromatic N) is 3. The fourth-order valence-electron chi connectivity index (χ4n) is 3.09. The Morgan fingerprint density at radius 1 is 1.10 bits per heavy atom. The van der Waals surface area contributed by atoms with E-state index in [9.17, 15) is 0 Å². The Hall–Kier alpha value is -3.48. The van der Waals surface area contributed by atoms with Crippen LogP contribution in [0.4, 0.5) is 0 Å². The molecule has 0 atom stereocenters. The molecule has 0 amide bonds. The normalized spacial score (nSPS) is 11.3. The highest BCUT2D eigenvalue weighted by atomic mass is 16.5. The lowest BCUT2D eigenvalue weighted by molar-refractivity contribution is 0.354. The molecule has 2 aromatic carbocycles. The Morgan fingerprint density at radius 2 is 1.87 bits per heavy atom. The summed E-state index contributed by atoms with van der Waals surface area (Å²) < 4.78 is 16.3. The van der Waals surface area contributed by atoms with E-state index in [0.29, 0.717) is 12.4 Å². The van der Waals surface area contributed by atoms with E-state index in [2.05, 4.69) is 20.2 Å². The van der Waals surface area contributed by atoms with E-state index in [1.165, 1.54) is 5.56 Å². The molecule has 1 heterocycles. The van der Waals surface area contributed by atoms with Gasteiger partial charge in [-0.2, -0.15) is 0 Å². The summed E-state index contributed by atoms with van der Waals surface area (Å²) in [5, 5.41) is 3.34. The van der Waals surface area contributed by atoms with Crippen LogP contribution < -0.4 is 14.8 Å². The van der Waals surface area contributed by atoms with Crippen molar-refractivity contribution in [2.24, 2.45) is 4.99 Å². The fourth-order valence-corrected chi connectivity index (χ4v) is 3.09. The summed E-state index contributed by atoms with van der Waals surface area (Å²) in [5.41, 5.74) is 2.95. The van der Waals surface area contributed by atoms with Gasteiger partial charge in [0.2, 0.25) is 5.89 Å². The van der Waals surface area contributed by atoms with E-state index in [1.54, 1.807) is 27.5 Å². The minimum absolute atomic E-state index is 0.531. The van der Waals surface area contributed by atoms with E-state index in [-0.39, 0.29) is 0 Å². The van der Waals surface area contributed by atoms with Gasteiger partial charge in [-0.05, 0) is 36.2 Å². The van der Waals surface area contributed by atoms with Crippen LogP contribution in [0.5, 0.6) is 11.5 Å². The number of rotatable bonds is 8. The average Bonchev–Trinajstić information content (AvgIpc) is 3.27. The molecule has 1 aromatic heterocycles. The number of benzene rings is 2. The number of methoxy groups -OCH3 is 2. The number of aliphatic imine (C=N–C) groups is 1. The smallest absolute Gasteiger partial charge is 0.226 e. The predicted octanol–water partition coefficient (Wildman–Crippen LogP) is 3.61. The maximum absolute atomic E-state index is 5.60. The summed E-state index contributed by atoms with van der Waals surface area (Å²) in [6.45, 7) is 1.33. The van der Waals surface area contributed by atoms with Crippen LogP contribution in [0.2, 0.25) is 0 Å². The molecule has 0 aliphatic carbocycles. The molecule has 0 aliphatic heterocycles. The Labute approximate surface area is 177 Å². The van der Waals surface area contributed by atoms with Crippen molar-refractivity contribution in [1.29, 1.82) is 0 Å². The first kappa shape index (κ1) is 21.2. The molecule has 0 saturated carbocycles. The molecule has 0 saturated heterocycles. The van der Waals surface area contributed by atoms with Crippen molar-refractivity contribution in [3.63, 3.8) is 0 Å². The molecular formula is C23H28N4O3. The molecule has 3 aromatic rings. The van der Waals surface area contributed by atoms with Gasteiger partial charge in [0.1, 0.15) is 6.26 Å². The molecule has 7 nitrogen and oxygen atoms in total. The number of hydrogen-bond donors (Lipinski definition) is 1. The van der Waals surface area contributed by atoms with Crippen molar-refractivity contribution in [1.82, 2.24) is 15.2 Å². The van der Waals surface area contributed by atoms with Crippen molar-refractivity contribution >= 4 is 5.96 Å². The first-order valence-electron chi connectivity index (χ1n) is 9.77. The van der Waals surface area contributed by atoms with Gasteiger partial charge in [-0.15, -0.1) is 0 Å². The highest BCUT2D eigenvalue weighted by Crippen LogP contribution is 2.27. The van der Waals surface area contributed by atoms with Gasteiger partial charge < -0.3 is 24.1 Å². The zero-order chi connectivity index (χ0) is 21.3. The van der Waals surface area contributed by atoms with E-state index >= 15 is 0 Å². The molecule has 158 valence electrons. The monoisotopic (exact) mass is 408 g/mol. The third-order valence-corrected chi connectivity index (χ3v) is 4.76. The number of ether oxygens (including phenoxy) is 2. The lowest BCUT2D eigenvalue weighted by Gasteiger charge is -2.22. The summed E-state index contributed by atoms with van der Waals surface area (Å²) >= 11 is 0. The fraction of sp³-hybridized carbons (Fsp3) is 0.304. The first-order chi connectivity index (χ1) is 14.6. The summed E-state index contributed by atoms with van der Waals surface area (Å²) in [6.07, 6.45) is 2.52. The third kappa shape index (κ3) is 5.31.